The average molecular weight is 362 g/mol. The Hall–Kier alpha value is -3.11. The number of hydrogen-bond acceptors (Lipinski definition) is 4. The summed E-state index contributed by atoms with van der Waals surface area (Å²) in [5.74, 6) is 0.930. The standard InChI is InChI=1S/C21H16ClN3O/c22-19-9-5-4-8-18(19)21-25-24-20(26-21)14-23-17-12-10-16(11-13-17)15-6-2-1-3-7-15/h1-13,23H,14H2. The fourth-order valence-corrected chi connectivity index (χ4v) is 2.87. The van der Waals surface area contributed by atoms with Gasteiger partial charge in [-0.05, 0) is 35.4 Å². The molecule has 3 aromatic carbocycles. The summed E-state index contributed by atoms with van der Waals surface area (Å²) in [7, 11) is 0. The lowest BCUT2D eigenvalue weighted by molar-refractivity contribution is 0.515. The summed E-state index contributed by atoms with van der Waals surface area (Å²) >= 11 is 6.16. The van der Waals surface area contributed by atoms with E-state index in [0.29, 0.717) is 23.3 Å². The van der Waals surface area contributed by atoms with Gasteiger partial charge >= 0.3 is 0 Å². The molecule has 0 aliphatic rings. The van der Waals surface area contributed by atoms with E-state index in [0.717, 1.165) is 11.3 Å². The zero-order chi connectivity index (χ0) is 17.8. The minimum atomic E-state index is 0.423. The molecule has 0 unspecified atom stereocenters. The number of benzene rings is 3. The first-order valence-electron chi connectivity index (χ1n) is 8.26. The summed E-state index contributed by atoms with van der Waals surface area (Å²) in [6.07, 6.45) is 0. The maximum Gasteiger partial charge on any atom is 0.249 e. The van der Waals surface area contributed by atoms with Gasteiger partial charge in [-0.15, -0.1) is 10.2 Å². The van der Waals surface area contributed by atoms with Crippen LogP contribution < -0.4 is 5.32 Å². The third-order valence-electron chi connectivity index (χ3n) is 4.01. The van der Waals surface area contributed by atoms with Crippen LogP contribution in [0.2, 0.25) is 5.02 Å². The van der Waals surface area contributed by atoms with Crippen molar-refractivity contribution in [1.29, 1.82) is 0 Å². The molecule has 26 heavy (non-hydrogen) atoms. The van der Waals surface area contributed by atoms with E-state index in [9.17, 15) is 0 Å². The quantitative estimate of drug-likeness (QED) is 0.497. The summed E-state index contributed by atoms with van der Waals surface area (Å²) in [6, 6.07) is 25.9. The van der Waals surface area contributed by atoms with Gasteiger partial charge in [0.05, 0.1) is 17.1 Å². The second kappa shape index (κ2) is 7.42. The predicted molar refractivity (Wildman–Crippen MR) is 104 cm³/mol. The van der Waals surface area contributed by atoms with Crippen LogP contribution in [0, 0.1) is 0 Å². The molecule has 1 N–H and O–H groups in total. The summed E-state index contributed by atoms with van der Waals surface area (Å²) in [5.41, 5.74) is 4.09. The van der Waals surface area contributed by atoms with Crippen molar-refractivity contribution in [3.05, 3.63) is 89.8 Å². The molecule has 0 fully saturated rings. The molecule has 4 aromatic rings. The lowest BCUT2D eigenvalue weighted by Crippen LogP contribution is -1.99. The first-order chi connectivity index (χ1) is 12.8. The fraction of sp³-hybridized carbons (Fsp3) is 0.0476. The van der Waals surface area contributed by atoms with Gasteiger partial charge in [-0.2, -0.15) is 0 Å². The van der Waals surface area contributed by atoms with Gasteiger partial charge in [-0.25, -0.2) is 0 Å². The Morgan fingerprint density at radius 3 is 2.23 bits per heavy atom. The monoisotopic (exact) mass is 361 g/mol. The molecule has 1 aromatic heterocycles. The van der Waals surface area contributed by atoms with Gasteiger partial charge in [0.25, 0.3) is 0 Å². The van der Waals surface area contributed by atoms with E-state index >= 15 is 0 Å². The van der Waals surface area contributed by atoms with Gasteiger partial charge in [0.2, 0.25) is 11.8 Å². The molecular formula is C21H16ClN3O. The van der Waals surface area contributed by atoms with E-state index in [-0.39, 0.29) is 0 Å². The number of nitrogens with zero attached hydrogens (tertiary/aromatic N) is 2. The average Bonchev–Trinajstić information content (AvgIpc) is 3.17. The van der Waals surface area contributed by atoms with Crippen LogP contribution in [0.1, 0.15) is 5.89 Å². The summed E-state index contributed by atoms with van der Waals surface area (Å²) < 4.78 is 5.70. The lowest BCUT2D eigenvalue weighted by atomic mass is 10.1. The van der Waals surface area contributed by atoms with Crippen molar-refractivity contribution < 1.29 is 4.42 Å². The normalized spacial score (nSPS) is 10.7. The van der Waals surface area contributed by atoms with Crippen LogP contribution in [0.15, 0.2) is 83.3 Å². The third kappa shape index (κ3) is 3.60. The molecule has 0 radical (unpaired) electrons. The van der Waals surface area contributed by atoms with Crippen LogP contribution in [0.25, 0.3) is 22.6 Å². The topological polar surface area (TPSA) is 51.0 Å². The van der Waals surface area contributed by atoms with E-state index < -0.39 is 0 Å². The molecule has 0 bridgehead atoms. The second-order valence-corrected chi connectivity index (χ2v) is 6.18. The van der Waals surface area contributed by atoms with E-state index in [1.165, 1.54) is 11.1 Å². The highest BCUT2D eigenvalue weighted by atomic mass is 35.5. The van der Waals surface area contributed by atoms with Crippen molar-refractivity contribution in [3.8, 4) is 22.6 Å². The maximum atomic E-state index is 6.16. The first kappa shape index (κ1) is 16.4. The number of rotatable bonds is 5. The highest BCUT2D eigenvalue weighted by Crippen LogP contribution is 2.26. The van der Waals surface area contributed by atoms with Crippen molar-refractivity contribution in [3.63, 3.8) is 0 Å². The summed E-state index contributed by atoms with van der Waals surface area (Å²) in [5, 5.41) is 12.0. The number of aromatic nitrogens is 2. The van der Waals surface area contributed by atoms with Crippen molar-refractivity contribution in [2.24, 2.45) is 0 Å². The molecular weight excluding hydrogens is 346 g/mol. The largest absolute Gasteiger partial charge is 0.419 e. The van der Waals surface area contributed by atoms with Crippen LogP contribution in [0.3, 0.4) is 0 Å². The van der Waals surface area contributed by atoms with Crippen molar-refractivity contribution >= 4 is 17.3 Å². The molecule has 4 nitrogen and oxygen atoms in total. The van der Waals surface area contributed by atoms with E-state index in [1.807, 2.05) is 48.5 Å². The molecule has 0 aliphatic carbocycles. The number of hydrogen-bond donors (Lipinski definition) is 1. The fourth-order valence-electron chi connectivity index (χ4n) is 2.66. The van der Waals surface area contributed by atoms with Gasteiger partial charge < -0.3 is 9.73 Å². The SMILES string of the molecule is Clc1ccccc1-c1nnc(CNc2ccc(-c3ccccc3)cc2)o1. The van der Waals surface area contributed by atoms with E-state index in [4.69, 9.17) is 16.0 Å². The van der Waals surface area contributed by atoms with Crippen molar-refractivity contribution in [2.45, 2.75) is 6.54 Å². The van der Waals surface area contributed by atoms with E-state index in [2.05, 4.69) is 39.8 Å². The van der Waals surface area contributed by atoms with Crippen molar-refractivity contribution in [2.75, 3.05) is 5.32 Å². The first-order valence-corrected chi connectivity index (χ1v) is 8.64. The minimum absolute atomic E-state index is 0.423. The van der Waals surface area contributed by atoms with Gasteiger partial charge in [0.1, 0.15) is 0 Å². The zero-order valence-electron chi connectivity index (χ0n) is 13.9. The van der Waals surface area contributed by atoms with Gasteiger partial charge in [0.15, 0.2) is 0 Å². The van der Waals surface area contributed by atoms with Crippen LogP contribution in [0.4, 0.5) is 5.69 Å². The van der Waals surface area contributed by atoms with Crippen LogP contribution in [-0.4, -0.2) is 10.2 Å². The summed E-state index contributed by atoms with van der Waals surface area (Å²) in [6.45, 7) is 0.447. The Bertz CT molecular complexity index is 997. The Morgan fingerprint density at radius 2 is 1.46 bits per heavy atom. The molecule has 0 amide bonds. The van der Waals surface area contributed by atoms with Gasteiger partial charge in [-0.1, -0.05) is 66.2 Å². The molecule has 0 saturated heterocycles. The zero-order valence-corrected chi connectivity index (χ0v) is 14.6. The van der Waals surface area contributed by atoms with Gasteiger partial charge in [-0.3, -0.25) is 0 Å². The molecule has 5 heteroatoms. The number of anilines is 1. The molecule has 1 heterocycles. The lowest BCUT2D eigenvalue weighted by Gasteiger charge is -2.06. The Balaban J connectivity index is 1.43. The number of nitrogens with one attached hydrogen (secondary N) is 1. The Morgan fingerprint density at radius 1 is 0.769 bits per heavy atom. The van der Waals surface area contributed by atoms with Gasteiger partial charge in [0, 0.05) is 5.69 Å². The number of halogens is 1. The highest BCUT2D eigenvalue weighted by Gasteiger charge is 2.11. The van der Waals surface area contributed by atoms with E-state index in [1.54, 1.807) is 6.07 Å². The van der Waals surface area contributed by atoms with Crippen LogP contribution in [0.5, 0.6) is 0 Å². The highest BCUT2D eigenvalue weighted by molar-refractivity contribution is 6.33. The molecule has 0 saturated carbocycles. The maximum absolute atomic E-state index is 6.16. The molecule has 128 valence electrons. The smallest absolute Gasteiger partial charge is 0.249 e. The van der Waals surface area contributed by atoms with Crippen molar-refractivity contribution in [1.82, 2.24) is 10.2 Å². The molecule has 4 rings (SSSR count). The summed E-state index contributed by atoms with van der Waals surface area (Å²) in [4.78, 5) is 0. The molecule has 0 aliphatic heterocycles. The van der Waals surface area contributed by atoms with Crippen LogP contribution in [-0.2, 0) is 6.54 Å². The van der Waals surface area contributed by atoms with Crippen LogP contribution >= 0.6 is 11.6 Å². The second-order valence-electron chi connectivity index (χ2n) is 5.78. The Kier molecular flexibility index (Phi) is 4.67. The third-order valence-corrected chi connectivity index (χ3v) is 4.34. The Labute approximate surface area is 156 Å². The molecule has 0 atom stereocenters. The predicted octanol–water partition coefficient (Wildman–Crippen LogP) is 5.67. The molecule has 0 spiro atoms. The minimum Gasteiger partial charge on any atom is -0.419 e.